The van der Waals surface area contributed by atoms with Crippen LogP contribution < -0.4 is 0 Å². The summed E-state index contributed by atoms with van der Waals surface area (Å²) < 4.78 is 12.9. The summed E-state index contributed by atoms with van der Waals surface area (Å²) in [5.74, 6) is -0.240. The summed E-state index contributed by atoms with van der Waals surface area (Å²) in [6.07, 6.45) is 1.73. The van der Waals surface area contributed by atoms with Crippen LogP contribution in [0, 0.1) is 18.8 Å². The molecule has 11 heavy (non-hydrogen) atoms. The van der Waals surface area contributed by atoms with E-state index in [1.807, 2.05) is 13.0 Å². The van der Waals surface area contributed by atoms with Gasteiger partial charge in [-0.25, -0.2) is 4.39 Å². The van der Waals surface area contributed by atoms with E-state index < -0.39 is 0 Å². The van der Waals surface area contributed by atoms with Gasteiger partial charge in [0.25, 0.3) is 0 Å². The maximum atomic E-state index is 12.9. The SMILES string of the molecule is Cc1[c]cc(F)c2[nH]ccc12. The van der Waals surface area contributed by atoms with Crippen molar-refractivity contribution in [2.45, 2.75) is 6.92 Å². The minimum absolute atomic E-state index is 0.240. The third-order valence-corrected chi connectivity index (χ3v) is 1.81. The fraction of sp³-hybridized carbons (Fsp3) is 0.111. The maximum Gasteiger partial charge on any atom is 0.147 e. The Morgan fingerprint density at radius 3 is 3.09 bits per heavy atom. The van der Waals surface area contributed by atoms with Crippen molar-refractivity contribution in [1.82, 2.24) is 4.98 Å². The van der Waals surface area contributed by atoms with Gasteiger partial charge < -0.3 is 4.98 Å². The van der Waals surface area contributed by atoms with Gasteiger partial charge in [0.15, 0.2) is 0 Å². The first kappa shape index (κ1) is 6.40. The molecule has 1 heterocycles. The van der Waals surface area contributed by atoms with E-state index in [4.69, 9.17) is 0 Å². The Morgan fingerprint density at radius 2 is 2.36 bits per heavy atom. The number of fused-ring (bicyclic) bond motifs is 1. The highest BCUT2D eigenvalue weighted by Crippen LogP contribution is 2.18. The van der Waals surface area contributed by atoms with Crippen molar-refractivity contribution < 1.29 is 4.39 Å². The fourth-order valence-electron chi connectivity index (χ4n) is 1.20. The summed E-state index contributed by atoms with van der Waals surface area (Å²) in [6, 6.07) is 6.04. The highest BCUT2D eigenvalue weighted by Gasteiger charge is 2.02. The molecule has 2 aromatic rings. The number of benzene rings is 1. The average Bonchev–Trinajstić information content (AvgIpc) is 2.45. The quantitative estimate of drug-likeness (QED) is 0.590. The van der Waals surface area contributed by atoms with Crippen molar-refractivity contribution in [3.8, 4) is 0 Å². The molecule has 0 unspecified atom stereocenters. The Hall–Kier alpha value is -1.31. The number of hydrogen-bond donors (Lipinski definition) is 1. The topological polar surface area (TPSA) is 15.8 Å². The third-order valence-electron chi connectivity index (χ3n) is 1.81. The predicted molar refractivity (Wildman–Crippen MR) is 41.8 cm³/mol. The highest BCUT2D eigenvalue weighted by atomic mass is 19.1. The lowest BCUT2D eigenvalue weighted by Crippen LogP contribution is -1.80. The maximum absolute atomic E-state index is 12.9. The summed E-state index contributed by atoms with van der Waals surface area (Å²) in [4.78, 5) is 2.83. The van der Waals surface area contributed by atoms with Gasteiger partial charge in [-0.15, -0.1) is 0 Å². The van der Waals surface area contributed by atoms with E-state index in [1.54, 1.807) is 6.20 Å². The minimum atomic E-state index is -0.240. The summed E-state index contributed by atoms with van der Waals surface area (Å²) in [5.41, 5.74) is 1.55. The average molecular weight is 148 g/mol. The molecule has 1 N–H and O–H groups in total. The van der Waals surface area contributed by atoms with E-state index in [1.165, 1.54) is 6.07 Å². The molecule has 0 aliphatic heterocycles. The second-order valence-corrected chi connectivity index (χ2v) is 2.53. The molecule has 1 radical (unpaired) electrons. The Morgan fingerprint density at radius 1 is 1.55 bits per heavy atom. The van der Waals surface area contributed by atoms with Gasteiger partial charge in [0.05, 0.1) is 5.52 Å². The Labute approximate surface area is 63.9 Å². The van der Waals surface area contributed by atoms with Crippen LogP contribution in [0.5, 0.6) is 0 Å². The standard InChI is InChI=1S/C9H7FN/c1-6-2-3-8(10)9-7(6)4-5-11-9/h3-5,11H,1H3. The third kappa shape index (κ3) is 0.827. The van der Waals surface area contributed by atoms with E-state index >= 15 is 0 Å². The number of aromatic amines is 1. The number of aromatic nitrogens is 1. The Balaban J connectivity index is 2.96. The Bertz CT molecular complexity index is 353. The summed E-state index contributed by atoms with van der Waals surface area (Å²) in [7, 11) is 0. The smallest absolute Gasteiger partial charge is 0.147 e. The van der Waals surface area contributed by atoms with Crippen molar-refractivity contribution in [3.63, 3.8) is 0 Å². The molecule has 55 valence electrons. The first-order valence-electron chi connectivity index (χ1n) is 3.43. The van der Waals surface area contributed by atoms with E-state index in [2.05, 4.69) is 11.1 Å². The number of rotatable bonds is 0. The second kappa shape index (κ2) is 2.09. The molecule has 0 bridgehead atoms. The molecule has 0 saturated heterocycles. The van der Waals surface area contributed by atoms with Crippen LogP contribution in [0.3, 0.4) is 0 Å². The van der Waals surface area contributed by atoms with Crippen LogP contribution in [0.1, 0.15) is 5.56 Å². The molecule has 1 nitrogen and oxygen atoms in total. The molecule has 0 saturated carbocycles. The summed E-state index contributed by atoms with van der Waals surface area (Å²) >= 11 is 0. The van der Waals surface area contributed by atoms with Crippen LogP contribution in [-0.4, -0.2) is 4.98 Å². The zero-order valence-electron chi connectivity index (χ0n) is 6.11. The van der Waals surface area contributed by atoms with Gasteiger partial charge in [-0.05, 0) is 30.7 Å². The normalized spacial score (nSPS) is 10.7. The van der Waals surface area contributed by atoms with E-state index in [0.717, 1.165) is 10.9 Å². The van der Waals surface area contributed by atoms with Gasteiger partial charge in [0, 0.05) is 11.6 Å². The van der Waals surface area contributed by atoms with Crippen LogP contribution in [-0.2, 0) is 0 Å². The van der Waals surface area contributed by atoms with Crippen LogP contribution >= 0.6 is 0 Å². The molecule has 1 aromatic carbocycles. The number of halogens is 1. The lowest BCUT2D eigenvalue weighted by Gasteiger charge is -1.94. The van der Waals surface area contributed by atoms with E-state index in [9.17, 15) is 4.39 Å². The molecule has 0 atom stereocenters. The van der Waals surface area contributed by atoms with Crippen molar-refractivity contribution in [2.75, 3.05) is 0 Å². The van der Waals surface area contributed by atoms with Crippen molar-refractivity contribution in [3.05, 3.63) is 35.8 Å². The summed E-state index contributed by atoms with van der Waals surface area (Å²) in [5, 5.41) is 0.907. The Kier molecular flexibility index (Phi) is 1.22. The van der Waals surface area contributed by atoms with E-state index in [-0.39, 0.29) is 5.82 Å². The number of H-pyrrole nitrogens is 1. The van der Waals surface area contributed by atoms with Crippen molar-refractivity contribution >= 4 is 10.9 Å². The molecule has 2 heteroatoms. The molecule has 0 spiro atoms. The number of nitrogens with one attached hydrogen (secondary N) is 1. The molecule has 1 aromatic heterocycles. The minimum Gasteiger partial charge on any atom is -0.359 e. The zero-order valence-corrected chi connectivity index (χ0v) is 6.11. The molecule has 0 amide bonds. The second-order valence-electron chi connectivity index (χ2n) is 2.53. The molecular weight excluding hydrogens is 141 g/mol. The van der Waals surface area contributed by atoms with Gasteiger partial charge in [-0.2, -0.15) is 0 Å². The number of hydrogen-bond acceptors (Lipinski definition) is 0. The van der Waals surface area contributed by atoms with Crippen LogP contribution in [0.15, 0.2) is 18.3 Å². The van der Waals surface area contributed by atoms with Crippen molar-refractivity contribution in [2.24, 2.45) is 0 Å². The zero-order chi connectivity index (χ0) is 7.84. The molecule has 0 fully saturated rings. The first-order chi connectivity index (χ1) is 5.29. The summed E-state index contributed by atoms with van der Waals surface area (Å²) in [6.45, 7) is 1.91. The highest BCUT2D eigenvalue weighted by molar-refractivity contribution is 5.82. The van der Waals surface area contributed by atoms with Crippen LogP contribution in [0.25, 0.3) is 10.9 Å². The van der Waals surface area contributed by atoms with Gasteiger partial charge >= 0.3 is 0 Å². The predicted octanol–water partition coefficient (Wildman–Crippen LogP) is 2.42. The van der Waals surface area contributed by atoms with Gasteiger partial charge in [0.2, 0.25) is 0 Å². The monoisotopic (exact) mass is 148 g/mol. The number of aryl methyl sites for hydroxylation is 1. The van der Waals surface area contributed by atoms with Crippen LogP contribution in [0.4, 0.5) is 4.39 Å². The molecule has 0 aliphatic carbocycles. The largest absolute Gasteiger partial charge is 0.359 e. The van der Waals surface area contributed by atoms with Crippen LogP contribution in [0.2, 0.25) is 0 Å². The lowest BCUT2D eigenvalue weighted by atomic mass is 10.1. The molecule has 0 aliphatic rings. The van der Waals surface area contributed by atoms with Gasteiger partial charge in [-0.3, -0.25) is 0 Å². The lowest BCUT2D eigenvalue weighted by molar-refractivity contribution is 0.637. The molecular formula is C9H7FN. The molecule has 2 rings (SSSR count). The van der Waals surface area contributed by atoms with E-state index in [0.29, 0.717) is 5.52 Å². The van der Waals surface area contributed by atoms with Crippen molar-refractivity contribution in [1.29, 1.82) is 0 Å². The van der Waals surface area contributed by atoms with Gasteiger partial charge in [-0.1, -0.05) is 0 Å². The van der Waals surface area contributed by atoms with Gasteiger partial charge in [0.1, 0.15) is 5.82 Å². The first-order valence-corrected chi connectivity index (χ1v) is 3.43. The fourth-order valence-corrected chi connectivity index (χ4v) is 1.20.